The van der Waals surface area contributed by atoms with Crippen molar-refractivity contribution in [3.8, 4) is 5.69 Å². The third-order valence-corrected chi connectivity index (χ3v) is 3.38. The number of hydrogen-bond donors (Lipinski definition) is 2. The van der Waals surface area contributed by atoms with E-state index in [-0.39, 0.29) is 12.5 Å². The number of aliphatic hydroxyl groups is 1. The van der Waals surface area contributed by atoms with Crippen LogP contribution in [-0.4, -0.2) is 33.4 Å². The van der Waals surface area contributed by atoms with Crippen molar-refractivity contribution in [3.63, 3.8) is 0 Å². The third-order valence-electron chi connectivity index (χ3n) is 3.38. The van der Waals surface area contributed by atoms with E-state index in [1.54, 1.807) is 10.9 Å². The number of hydrogen-bond acceptors (Lipinski definition) is 3. The minimum atomic E-state index is -0.497. The van der Waals surface area contributed by atoms with E-state index >= 15 is 0 Å². The maximum atomic E-state index is 12.1. The Morgan fingerprint density at radius 1 is 1.38 bits per heavy atom. The van der Waals surface area contributed by atoms with Gasteiger partial charge in [0.1, 0.15) is 0 Å². The van der Waals surface area contributed by atoms with E-state index in [0.717, 1.165) is 17.8 Å². The largest absolute Gasteiger partial charge is 0.391 e. The molecule has 1 atom stereocenters. The number of nitrogens with one attached hydrogen (secondary N) is 1. The fourth-order valence-electron chi connectivity index (χ4n) is 2.20. The molecule has 0 bridgehead atoms. The Hall–Kier alpha value is -2.14. The number of amides is 1. The lowest BCUT2D eigenvalue weighted by Crippen LogP contribution is -2.32. The van der Waals surface area contributed by atoms with Gasteiger partial charge in [0, 0.05) is 6.54 Å². The first-order chi connectivity index (χ1) is 10.1. The zero-order chi connectivity index (χ0) is 15.2. The lowest BCUT2D eigenvalue weighted by molar-refractivity contribution is 0.0909. The van der Waals surface area contributed by atoms with Gasteiger partial charge in [-0.2, -0.15) is 5.10 Å². The molecule has 2 N–H and O–H groups in total. The van der Waals surface area contributed by atoms with E-state index in [2.05, 4.69) is 10.4 Å². The van der Waals surface area contributed by atoms with Crippen molar-refractivity contribution >= 4 is 5.91 Å². The van der Waals surface area contributed by atoms with E-state index in [1.807, 2.05) is 44.2 Å². The molecule has 0 spiro atoms. The van der Waals surface area contributed by atoms with Gasteiger partial charge in [0.25, 0.3) is 5.91 Å². The van der Waals surface area contributed by atoms with Crippen molar-refractivity contribution in [3.05, 3.63) is 47.8 Å². The Balaban J connectivity index is 2.08. The molecule has 0 saturated heterocycles. The minimum Gasteiger partial charge on any atom is -0.391 e. The minimum absolute atomic E-state index is 0.204. The Labute approximate surface area is 124 Å². The second-order valence-corrected chi connectivity index (χ2v) is 5.04. The molecule has 1 unspecified atom stereocenters. The summed E-state index contributed by atoms with van der Waals surface area (Å²) in [6.45, 7) is 4.12. The molecular weight excluding hydrogens is 266 g/mol. The molecule has 1 aromatic heterocycles. The van der Waals surface area contributed by atoms with E-state index in [0.29, 0.717) is 12.0 Å². The molecule has 5 nitrogen and oxygen atoms in total. The molecule has 0 aliphatic heterocycles. The van der Waals surface area contributed by atoms with E-state index < -0.39 is 6.10 Å². The Morgan fingerprint density at radius 2 is 2.10 bits per heavy atom. The molecule has 21 heavy (non-hydrogen) atoms. The molecule has 2 aromatic rings. The summed E-state index contributed by atoms with van der Waals surface area (Å²) in [5, 5.41) is 16.7. The second kappa shape index (κ2) is 7.04. The summed E-state index contributed by atoms with van der Waals surface area (Å²) >= 11 is 0. The normalized spacial score (nSPS) is 12.1. The van der Waals surface area contributed by atoms with Crippen molar-refractivity contribution in [1.82, 2.24) is 15.1 Å². The van der Waals surface area contributed by atoms with E-state index in [1.165, 1.54) is 0 Å². The standard InChI is InChI=1S/C16H21N3O2/c1-3-7-14(20)10-17-16(21)15-11-18-19(12(15)2)13-8-5-4-6-9-13/h4-6,8-9,11,14,20H,3,7,10H2,1-2H3,(H,17,21). The molecule has 0 aliphatic rings. The van der Waals surface area contributed by atoms with Crippen LogP contribution >= 0.6 is 0 Å². The average molecular weight is 287 g/mol. The van der Waals surface area contributed by atoms with Crippen LogP contribution in [0.1, 0.15) is 35.8 Å². The highest BCUT2D eigenvalue weighted by Crippen LogP contribution is 2.13. The van der Waals surface area contributed by atoms with Crippen molar-refractivity contribution in [2.75, 3.05) is 6.54 Å². The fourth-order valence-corrected chi connectivity index (χ4v) is 2.20. The summed E-state index contributed by atoms with van der Waals surface area (Å²) in [4.78, 5) is 12.1. The van der Waals surface area contributed by atoms with Crippen LogP contribution in [0.3, 0.4) is 0 Å². The van der Waals surface area contributed by atoms with Gasteiger partial charge in [-0.25, -0.2) is 4.68 Å². The molecule has 0 aliphatic carbocycles. The SMILES string of the molecule is CCCC(O)CNC(=O)c1cnn(-c2ccccc2)c1C. The maximum absolute atomic E-state index is 12.1. The number of carbonyl (C=O) groups is 1. The summed E-state index contributed by atoms with van der Waals surface area (Å²) in [6.07, 6.45) is 2.64. The number of para-hydroxylation sites is 1. The van der Waals surface area contributed by atoms with Crippen LogP contribution in [0.5, 0.6) is 0 Å². The lowest BCUT2D eigenvalue weighted by atomic mass is 10.2. The zero-order valence-corrected chi connectivity index (χ0v) is 12.4. The highest BCUT2D eigenvalue weighted by molar-refractivity contribution is 5.95. The average Bonchev–Trinajstić information content (AvgIpc) is 2.88. The molecule has 0 saturated carbocycles. The Kier molecular flexibility index (Phi) is 5.11. The molecule has 2 rings (SSSR count). The first-order valence-corrected chi connectivity index (χ1v) is 7.19. The Morgan fingerprint density at radius 3 is 2.76 bits per heavy atom. The lowest BCUT2D eigenvalue weighted by Gasteiger charge is -2.10. The maximum Gasteiger partial charge on any atom is 0.254 e. The van der Waals surface area contributed by atoms with Gasteiger partial charge in [0.2, 0.25) is 0 Å². The van der Waals surface area contributed by atoms with Crippen molar-refractivity contribution in [2.24, 2.45) is 0 Å². The first kappa shape index (κ1) is 15.3. The number of carbonyl (C=O) groups excluding carboxylic acids is 1. The monoisotopic (exact) mass is 287 g/mol. The molecule has 1 heterocycles. The van der Waals surface area contributed by atoms with Crippen molar-refractivity contribution in [1.29, 1.82) is 0 Å². The topological polar surface area (TPSA) is 67.2 Å². The summed E-state index contributed by atoms with van der Waals surface area (Å²) in [6, 6.07) is 9.67. The summed E-state index contributed by atoms with van der Waals surface area (Å²) in [5.41, 5.74) is 2.23. The predicted molar refractivity (Wildman–Crippen MR) is 81.5 cm³/mol. The van der Waals surface area contributed by atoms with Gasteiger partial charge in [-0.1, -0.05) is 31.5 Å². The number of nitrogens with zero attached hydrogens (tertiary/aromatic N) is 2. The van der Waals surface area contributed by atoms with Crippen LogP contribution in [0.15, 0.2) is 36.5 Å². The van der Waals surface area contributed by atoms with Gasteiger partial charge in [0.05, 0.1) is 29.2 Å². The van der Waals surface area contributed by atoms with Crippen LogP contribution < -0.4 is 5.32 Å². The van der Waals surface area contributed by atoms with Gasteiger partial charge >= 0.3 is 0 Å². The highest BCUT2D eigenvalue weighted by atomic mass is 16.3. The molecule has 112 valence electrons. The summed E-state index contributed by atoms with van der Waals surface area (Å²) in [7, 11) is 0. The highest BCUT2D eigenvalue weighted by Gasteiger charge is 2.15. The second-order valence-electron chi connectivity index (χ2n) is 5.04. The van der Waals surface area contributed by atoms with Crippen molar-refractivity contribution in [2.45, 2.75) is 32.8 Å². The number of aromatic nitrogens is 2. The van der Waals surface area contributed by atoms with Gasteiger partial charge in [-0.05, 0) is 25.5 Å². The van der Waals surface area contributed by atoms with Gasteiger partial charge in [0.15, 0.2) is 0 Å². The van der Waals surface area contributed by atoms with Crippen LogP contribution in [0.25, 0.3) is 5.69 Å². The zero-order valence-electron chi connectivity index (χ0n) is 12.4. The smallest absolute Gasteiger partial charge is 0.254 e. The number of benzene rings is 1. The van der Waals surface area contributed by atoms with Gasteiger partial charge in [-0.15, -0.1) is 0 Å². The Bertz CT molecular complexity index is 593. The van der Waals surface area contributed by atoms with Crippen LogP contribution in [0, 0.1) is 6.92 Å². The van der Waals surface area contributed by atoms with Crippen LogP contribution in [0.4, 0.5) is 0 Å². The van der Waals surface area contributed by atoms with Crippen molar-refractivity contribution < 1.29 is 9.90 Å². The van der Waals surface area contributed by atoms with Gasteiger partial charge in [-0.3, -0.25) is 4.79 Å². The molecular formula is C16H21N3O2. The molecule has 1 amide bonds. The van der Waals surface area contributed by atoms with Crippen LogP contribution in [0.2, 0.25) is 0 Å². The molecule has 0 fully saturated rings. The molecule has 0 radical (unpaired) electrons. The van der Waals surface area contributed by atoms with Gasteiger partial charge < -0.3 is 10.4 Å². The summed E-state index contributed by atoms with van der Waals surface area (Å²) in [5.74, 6) is -0.204. The quantitative estimate of drug-likeness (QED) is 0.854. The number of rotatable bonds is 6. The van der Waals surface area contributed by atoms with E-state index in [9.17, 15) is 9.90 Å². The number of aliphatic hydroxyl groups excluding tert-OH is 1. The van der Waals surface area contributed by atoms with Crippen LogP contribution in [-0.2, 0) is 0 Å². The predicted octanol–water partition coefficient (Wildman–Crippen LogP) is 2.07. The third kappa shape index (κ3) is 3.70. The summed E-state index contributed by atoms with van der Waals surface area (Å²) < 4.78 is 1.73. The molecule has 5 heteroatoms. The first-order valence-electron chi connectivity index (χ1n) is 7.19. The fraction of sp³-hybridized carbons (Fsp3) is 0.375. The molecule has 1 aromatic carbocycles. The van der Waals surface area contributed by atoms with E-state index in [4.69, 9.17) is 0 Å².